The van der Waals surface area contributed by atoms with Gasteiger partial charge in [0, 0.05) is 17.8 Å². The van der Waals surface area contributed by atoms with E-state index in [1.807, 2.05) is 0 Å². The molecule has 0 bridgehead atoms. The van der Waals surface area contributed by atoms with E-state index in [1.165, 1.54) is 11.9 Å². The zero-order valence-corrected chi connectivity index (χ0v) is 8.86. The number of carbonyl (C=O) groups is 2. The van der Waals surface area contributed by atoms with Crippen molar-refractivity contribution in [3.63, 3.8) is 0 Å². The Morgan fingerprint density at radius 1 is 1.33 bits per heavy atom. The average molecular weight is 225 g/mol. The molecule has 3 amide bonds. The van der Waals surface area contributed by atoms with Crippen LogP contribution in [0.4, 0.5) is 10.5 Å². The molecular weight excluding hydrogens is 216 g/mol. The first kappa shape index (κ1) is 9.98. The zero-order chi connectivity index (χ0) is 11.0. The molecule has 1 aliphatic rings. The molecule has 0 atom stereocenters. The van der Waals surface area contributed by atoms with Crippen LogP contribution in [0.2, 0.25) is 5.02 Å². The molecule has 0 unspecified atom stereocenters. The molecule has 1 aliphatic heterocycles. The van der Waals surface area contributed by atoms with Crippen molar-refractivity contribution < 1.29 is 9.59 Å². The number of benzene rings is 1. The summed E-state index contributed by atoms with van der Waals surface area (Å²) >= 11 is 5.81. The van der Waals surface area contributed by atoms with Crippen molar-refractivity contribution in [1.29, 1.82) is 0 Å². The fourth-order valence-corrected chi connectivity index (χ4v) is 1.63. The number of nitrogens with zero attached hydrogens (tertiary/aromatic N) is 2. The Kier molecular flexibility index (Phi) is 2.36. The molecule has 78 valence electrons. The maximum absolute atomic E-state index is 11.6. The number of likely N-dealkylation sites (N-methyl/N-ethyl adjacent to an activating group) is 1. The third kappa shape index (κ3) is 1.68. The molecule has 0 N–H and O–H groups in total. The summed E-state index contributed by atoms with van der Waals surface area (Å²) in [6.45, 7) is 0.0790. The van der Waals surface area contributed by atoms with Crippen LogP contribution in [0.5, 0.6) is 0 Å². The standard InChI is InChI=1S/C10H9ClN2O2/c1-12-9(14)6-13(10(12)15)8-4-2-3-7(11)5-8/h2-5H,6H2,1H3. The zero-order valence-electron chi connectivity index (χ0n) is 8.11. The highest BCUT2D eigenvalue weighted by atomic mass is 35.5. The van der Waals surface area contributed by atoms with Crippen LogP contribution in [0.25, 0.3) is 0 Å². The predicted molar refractivity (Wildman–Crippen MR) is 57.0 cm³/mol. The van der Waals surface area contributed by atoms with E-state index in [9.17, 15) is 9.59 Å². The van der Waals surface area contributed by atoms with Crippen LogP contribution in [0.1, 0.15) is 0 Å². The van der Waals surface area contributed by atoms with Crippen LogP contribution in [0, 0.1) is 0 Å². The van der Waals surface area contributed by atoms with Crippen molar-refractivity contribution in [1.82, 2.24) is 4.90 Å². The van der Waals surface area contributed by atoms with Crippen LogP contribution in [-0.4, -0.2) is 30.4 Å². The predicted octanol–water partition coefficient (Wildman–Crippen LogP) is 1.74. The van der Waals surface area contributed by atoms with Gasteiger partial charge in [0.15, 0.2) is 0 Å². The Balaban J connectivity index is 2.33. The number of rotatable bonds is 1. The first-order valence-corrected chi connectivity index (χ1v) is 4.81. The molecule has 2 rings (SSSR count). The van der Waals surface area contributed by atoms with Gasteiger partial charge in [0.1, 0.15) is 6.54 Å². The molecule has 0 radical (unpaired) electrons. The lowest BCUT2D eigenvalue weighted by Crippen LogP contribution is -2.29. The second-order valence-corrected chi connectivity index (χ2v) is 3.74. The summed E-state index contributed by atoms with van der Waals surface area (Å²) in [5.74, 6) is -0.208. The molecule has 15 heavy (non-hydrogen) atoms. The fraction of sp³-hybridized carbons (Fsp3) is 0.200. The summed E-state index contributed by atoms with van der Waals surface area (Å²) in [6.07, 6.45) is 0. The number of urea groups is 1. The minimum Gasteiger partial charge on any atom is -0.284 e. The second kappa shape index (κ2) is 3.55. The lowest BCUT2D eigenvalue weighted by Gasteiger charge is -2.14. The van der Waals surface area contributed by atoms with Crippen LogP contribution < -0.4 is 4.90 Å². The summed E-state index contributed by atoms with van der Waals surface area (Å²) in [7, 11) is 1.47. The molecule has 0 aliphatic carbocycles. The lowest BCUT2D eigenvalue weighted by molar-refractivity contribution is -0.123. The van der Waals surface area contributed by atoms with Crippen molar-refractivity contribution in [2.75, 3.05) is 18.5 Å². The first-order chi connectivity index (χ1) is 7.09. The van der Waals surface area contributed by atoms with Gasteiger partial charge in [0.25, 0.3) is 0 Å². The van der Waals surface area contributed by atoms with Crippen LogP contribution >= 0.6 is 11.6 Å². The van der Waals surface area contributed by atoms with Gasteiger partial charge < -0.3 is 0 Å². The number of hydrogen-bond acceptors (Lipinski definition) is 2. The molecular formula is C10H9ClN2O2. The Morgan fingerprint density at radius 3 is 2.60 bits per heavy atom. The third-order valence-corrected chi connectivity index (χ3v) is 2.54. The van der Waals surface area contributed by atoms with E-state index in [0.29, 0.717) is 10.7 Å². The Morgan fingerprint density at radius 2 is 2.07 bits per heavy atom. The van der Waals surface area contributed by atoms with E-state index >= 15 is 0 Å². The smallest absolute Gasteiger partial charge is 0.284 e. The molecule has 1 heterocycles. The van der Waals surface area contributed by atoms with Crippen molar-refractivity contribution >= 4 is 29.2 Å². The van der Waals surface area contributed by atoms with E-state index in [1.54, 1.807) is 24.3 Å². The van der Waals surface area contributed by atoms with E-state index in [-0.39, 0.29) is 18.5 Å². The molecule has 1 aromatic rings. The Bertz CT molecular complexity index is 433. The maximum Gasteiger partial charge on any atom is 0.331 e. The highest BCUT2D eigenvalue weighted by Crippen LogP contribution is 2.23. The molecule has 1 aromatic carbocycles. The molecule has 1 fully saturated rings. The van der Waals surface area contributed by atoms with Gasteiger partial charge in [-0.15, -0.1) is 0 Å². The van der Waals surface area contributed by atoms with Gasteiger partial charge in [-0.25, -0.2) is 4.79 Å². The molecule has 5 heteroatoms. The highest BCUT2D eigenvalue weighted by molar-refractivity contribution is 6.31. The van der Waals surface area contributed by atoms with Gasteiger partial charge in [-0.3, -0.25) is 14.6 Å². The number of amides is 3. The summed E-state index contributed by atoms with van der Waals surface area (Å²) in [5, 5.41) is 0.544. The number of imide groups is 1. The van der Waals surface area contributed by atoms with Crippen LogP contribution in [-0.2, 0) is 4.79 Å². The Hall–Kier alpha value is -1.55. The van der Waals surface area contributed by atoms with Crippen molar-refractivity contribution in [3.05, 3.63) is 29.3 Å². The molecule has 0 spiro atoms. The van der Waals surface area contributed by atoms with E-state index < -0.39 is 0 Å². The Labute approximate surface area is 92.0 Å². The van der Waals surface area contributed by atoms with Gasteiger partial charge >= 0.3 is 6.03 Å². The molecule has 1 saturated heterocycles. The van der Waals surface area contributed by atoms with E-state index in [0.717, 1.165) is 4.90 Å². The van der Waals surface area contributed by atoms with Crippen LogP contribution in [0.3, 0.4) is 0 Å². The second-order valence-electron chi connectivity index (χ2n) is 3.30. The van der Waals surface area contributed by atoms with Gasteiger partial charge in [0.05, 0.1) is 0 Å². The molecule has 0 aromatic heterocycles. The molecule has 0 saturated carbocycles. The average Bonchev–Trinajstić information content (AvgIpc) is 2.46. The van der Waals surface area contributed by atoms with Crippen LogP contribution in [0.15, 0.2) is 24.3 Å². The summed E-state index contributed by atoms with van der Waals surface area (Å²) in [4.78, 5) is 25.4. The largest absolute Gasteiger partial charge is 0.331 e. The molecule has 4 nitrogen and oxygen atoms in total. The van der Waals surface area contributed by atoms with Crippen molar-refractivity contribution in [3.8, 4) is 0 Å². The van der Waals surface area contributed by atoms with Gasteiger partial charge in [-0.1, -0.05) is 17.7 Å². The first-order valence-electron chi connectivity index (χ1n) is 4.43. The van der Waals surface area contributed by atoms with Gasteiger partial charge in [-0.05, 0) is 18.2 Å². The quantitative estimate of drug-likeness (QED) is 0.682. The summed E-state index contributed by atoms with van der Waals surface area (Å²) in [5.41, 5.74) is 0.644. The number of halogens is 1. The van der Waals surface area contributed by atoms with Crippen molar-refractivity contribution in [2.24, 2.45) is 0 Å². The lowest BCUT2D eigenvalue weighted by atomic mass is 10.3. The van der Waals surface area contributed by atoms with E-state index in [4.69, 9.17) is 11.6 Å². The minimum atomic E-state index is -0.317. The third-order valence-electron chi connectivity index (χ3n) is 2.31. The SMILES string of the molecule is CN1C(=O)CN(c2cccc(Cl)c2)C1=O. The summed E-state index contributed by atoms with van der Waals surface area (Å²) in [6, 6.07) is 6.55. The number of carbonyl (C=O) groups excluding carboxylic acids is 2. The van der Waals surface area contributed by atoms with Crippen molar-refractivity contribution in [2.45, 2.75) is 0 Å². The topological polar surface area (TPSA) is 40.6 Å². The minimum absolute atomic E-state index is 0.0790. The highest BCUT2D eigenvalue weighted by Gasteiger charge is 2.33. The fourth-order valence-electron chi connectivity index (χ4n) is 1.44. The monoisotopic (exact) mass is 224 g/mol. The van der Waals surface area contributed by atoms with Gasteiger partial charge in [0.2, 0.25) is 5.91 Å². The summed E-state index contributed by atoms with van der Waals surface area (Å²) < 4.78 is 0. The maximum atomic E-state index is 11.6. The van der Waals surface area contributed by atoms with Gasteiger partial charge in [-0.2, -0.15) is 0 Å². The number of hydrogen-bond donors (Lipinski definition) is 0. The number of anilines is 1. The normalized spacial score (nSPS) is 16.4. The van der Waals surface area contributed by atoms with E-state index in [2.05, 4.69) is 0 Å².